The lowest BCUT2D eigenvalue weighted by atomic mass is 10.1. The Morgan fingerprint density at radius 3 is 2.03 bits per heavy atom. The number of rotatable bonds is 2. The van der Waals surface area contributed by atoms with Crippen LogP contribution >= 0.6 is 0 Å². The molecular formula is C29H18N2O. The number of hydrogen-bond acceptors (Lipinski definition) is 2. The lowest BCUT2D eigenvalue weighted by Crippen LogP contribution is -1.95. The minimum absolute atomic E-state index is 0.876. The van der Waals surface area contributed by atoms with E-state index < -0.39 is 0 Å². The van der Waals surface area contributed by atoms with Crippen LogP contribution in [0.5, 0.6) is 0 Å². The van der Waals surface area contributed by atoms with Gasteiger partial charge in [0.2, 0.25) is 0 Å². The van der Waals surface area contributed by atoms with Crippen molar-refractivity contribution in [1.29, 1.82) is 0 Å². The monoisotopic (exact) mass is 410 g/mol. The van der Waals surface area contributed by atoms with Gasteiger partial charge in [-0.25, -0.2) is 0 Å². The minimum Gasteiger partial charge on any atom is -0.455 e. The van der Waals surface area contributed by atoms with Crippen molar-refractivity contribution < 1.29 is 4.42 Å². The van der Waals surface area contributed by atoms with E-state index in [9.17, 15) is 0 Å². The third-order valence-electron chi connectivity index (χ3n) is 6.26. The molecule has 150 valence electrons. The highest BCUT2D eigenvalue weighted by molar-refractivity contribution is 6.10. The zero-order valence-corrected chi connectivity index (χ0v) is 17.2. The number of aromatic nitrogens is 2. The number of nitrogens with zero attached hydrogens (tertiary/aromatic N) is 2. The van der Waals surface area contributed by atoms with Crippen molar-refractivity contribution in [3.8, 4) is 16.9 Å². The molecule has 0 saturated heterocycles. The predicted molar refractivity (Wildman–Crippen MR) is 131 cm³/mol. The third-order valence-corrected chi connectivity index (χ3v) is 6.26. The van der Waals surface area contributed by atoms with Crippen LogP contribution in [0.1, 0.15) is 0 Å². The molecule has 3 aromatic heterocycles. The molecule has 7 aromatic rings. The number of pyridine rings is 1. The maximum atomic E-state index is 6.26. The van der Waals surface area contributed by atoms with E-state index in [0.29, 0.717) is 0 Å². The van der Waals surface area contributed by atoms with Gasteiger partial charge in [-0.3, -0.25) is 4.98 Å². The summed E-state index contributed by atoms with van der Waals surface area (Å²) >= 11 is 0. The first-order chi connectivity index (χ1) is 15.9. The number of para-hydroxylation sites is 4. The molecule has 0 N–H and O–H groups in total. The van der Waals surface area contributed by atoms with E-state index in [1.807, 2.05) is 24.4 Å². The van der Waals surface area contributed by atoms with Crippen LogP contribution in [0.4, 0.5) is 0 Å². The van der Waals surface area contributed by atoms with Crippen molar-refractivity contribution in [2.45, 2.75) is 0 Å². The molecule has 4 aromatic carbocycles. The standard InChI is InChI=1S/C29H18N2O/c1-4-13-26-20(8-1)21-9-2-5-14-27(21)31(26)19-16-17-30-25(18-19)24-12-7-11-23-22-10-3-6-15-28(22)32-29(23)24/h1-18H. The smallest absolute Gasteiger partial charge is 0.144 e. The van der Waals surface area contributed by atoms with Gasteiger partial charge in [0.25, 0.3) is 0 Å². The van der Waals surface area contributed by atoms with Crippen LogP contribution < -0.4 is 0 Å². The fourth-order valence-electron chi connectivity index (χ4n) is 4.86. The van der Waals surface area contributed by atoms with Crippen LogP contribution in [0.3, 0.4) is 0 Å². The zero-order chi connectivity index (χ0) is 21.1. The van der Waals surface area contributed by atoms with Crippen molar-refractivity contribution in [2.24, 2.45) is 0 Å². The highest BCUT2D eigenvalue weighted by atomic mass is 16.3. The first kappa shape index (κ1) is 17.3. The second kappa shape index (κ2) is 6.56. The van der Waals surface area contributed by atoms with Crippen LogP contribution in [0, 0.1) is 0 Å². The van der Waals surface area contributed by atoms with E-state index in [1.165, 1.54) is 21.8 Å². The predicted octanol–water partition coefficient (Wildman–Crippen LogP) is 7.75. The first-order valence-electron chi connectivity index (χ1n) is 10.7. The van der Waals surface area contributed by atoms with Crippen molar-refractivity contribution >= 4 is 43.7 Å². The van der Waals surface area contributed by atoms with Crippen LogP contribution in [-0.4, -0.2) is 9.55 Å². The maximum absolute atomic E-state index is 6.26. The molecule has 0 fully saturated rings. The fraction of sp³-hybridized carbons (Fsp3) is 0. The van der Waals surface area contributed by atoms with Gasteiger partial charge >= 0.3 is 0 Å². The molecule has 3 heteroatoms. The van der Waals surface area contributed by atoms with Gasteiger partial charge in [-0.1, -0.05) is 66.7 Å². The number of hydrogen-bond donors (Lipinski definition) is 0. The molecule has 32 heavy (non-hydrogen) atoms. The zero-order valence-electron chi connectivity index (χ0n) is 17.2. The summed E-state index contributed by atoms with van der Waals surface area (Å²) in [5.74, 6) is 0. The van der Waals surface area contributed by atoms with E-state index in [4.69, 9.17) is 9.40 Å². The van der Waals surface area contributed by atoms with E-state index >= 15 is 0 Å². The molecular weight excluding hydrogens is 392 g/mol. The highest BCUT2D eigenvalue weighted by Crippen LogP contribution is 2.36. The molecule has 0 saturated carbocycles. The Morgan fingerprint density at radius 1 is 0.594 bits per heavy atom. The second-order valence-electron chi connectivity index (χ2n) is 8.05. The largest absolute Gasteiger partial charge is 0.455 e. The van der Waals surface area contributed by atoms with Crippen molar-refractivity contribution in [3.05, 3.63) is 109 Å². The van der Waals surface area contributed by atoms with Gasteiger partial charge in [-0.15, -0.1) is 0 Å². The second-order valence-corrected chi connectivity index (χ2v) is 8.05. The van der Waals surface area contributed by atoms with Gasteiger partial charge in [-0.2, -0.15) is 0 Å². The Kier molecular flexibility index (Phi) is 3.55. The maximum Gasteiger partial charge on any atom is 0.144 e. The van der Waals surface area contributed by atoms with Crippen LogP contribution in [0.15, 0.2) is 114 Å². The molecule has 0 amide bonds. The van der Waals surface area contributed by atoms with Crippen LogP contribution in [0.25, 0.3) is 60.7 Å². The highest BCUT2D eigenvalue weighted by Gasteiger charge is 2.15. The molecule has 0 radical (unpaired) electrons. The minimum atomic E-state index is 0.876. The SMILES string of the molecule is c1ccc2c(c1)oc1c(-c3cc(-n4c5ccccc5c5ccccc54)ccn3)cccc12. The number of furan rings is 1. The Bertz CT molecular complexity index is 1730. The van der Waals surface area contributed by atoms with Crippen molar-refractivity contribution in [1.82, 2.24) is 9.55 Å². The van der Waals surface area contributed by atoms with Crippen LogP contribution in [0.2, 0.25) is 0 Å². The van der Waals surface area contributed by atoms with Gasteiger partial charge in [0.05, 0.1) is 16.7 Å². The fourth-order valence-corrected chi connectivity index (χ4v) is 4.86. The van der Waals surface area contributed by atoms with Gasteiger partial charge in [0, 0.05) is 39.0 Å². The van der Waals surface area contributed by atoms with E-state index in [-0.39, 0.29) is 0 Å². The Balaban J connectivity index is 1.50. The molecule has 0 aliphatic carbocycles. The summed E-state index contributed by atoms with van der Waals surface area (Å²) < 4.78 is 8.58. The normalized spacial score (nSPS) is 11.8. The summed E-state index contributed by atoms with van der Waals surface area (Å²) in [4.78, 5) is 4.73. The topological polar surface area (TPSA) is 31.0 Å². The first-order valence-corrected chi connectivity index (χ1v) is 10.7. The Labute approximate surface area is 184 Å². The van der Waals surface area contributed by atoms with Crippen molar-refractivity contribution in [2.75, 3.05) is 0 Å². The quantitative estimate of drug-likeness (QED) is 0.292. The lowest BCUT2D eigenvalue weighted by Gasteiger charge is -2.10. The number of fused-ring (bicyclic) bond motifs is 6. The van der Waals surface area contributed by atoms with Gasteiger partial charge in [0.1, 0.15) is 11.2 Å². The molecule has 0 aliphatic rings. The summed E-state index contributed by atoms with van der Waals surface area (Å²) in [6, 6.07) is 35.8. The summed E-state index contributed by atoms with van der Waals surface area (Å²) in [7, 11) is 0. The molecule has 0 bridgehead atoms. The van der Waals surface area contributed by atoms with Gasteiger partial charge < -0.3 is 8.98 Å². The van der Waals surface area contributed by atoms with E-state index in [1.54, 1.807) is 0 Å². The molecule has 0 aliphatic heterocycles. The summed E-state index contributed by atoms with van der Waals surface area (Å²) in [6.07, 6.45) is 1.88. The molecule has 3 nitrogen and oxygen atoms in total. The average molecular weight is 410 g/mol. The van der Waals surface area contributed by atoms with Gasteiger partial charge in [0.15, 0.2) is 0 Å². The average Bonchev–Trinajstić information content (AvgIpc) is 3.40. The molecule has 3 heterocycles. The molecule has 0 spiro atoms. The number of benzene rings is 4. The molecule has 0 unspecified atom stereocenters. The summed E-state index contributed by atoms with van der Waals surface area (Å²) in [6.45, 7) is 0. The third kappa shape index (κ3) is 2.39. The Hall–Kier alpha value is -4.37. The Morgan fingerprint density at radius 2 is 1.25 bits per heavy atom. The summed E-state index contributed by atoms with van der Waals surface area (Å²) in [5.41, 5.74) is 7.13. The summed E-state index contributed by atoms with van der Waals surface area (Å²) in [5, 5.41) is 4.74. The van der Waals surface area contributed by atoms with Gasteiger partial charge in [-0.05, 0) is 36.4 Å². The van der Waals surface area contributed by atoms with Crippen molar-refractivity contribution in [3.63, 3.8) is 0 Å². The van der Waals surface area contributed by atoms with E-state index in [0.717, 1.165) is 38.9 Å². The molecule has 0 atom stereocenters. The van der Waals surface area contributed by atoms with E-state index in [2.05, 4.69) is 89.5 Å². The lowest BCUT2D eigenvalue weighted by molar-refractivity contribution is 0.670. The van der Waals surface area contributed by atoms with Crippen LogP contribution in [-0.2, 0) is 0 Å². The molecule has 7 rings (SSSR count).